The fourth-order valence-electron chi connectivity index (χ4n) is 0.310. The van der Waals surface area contributed by atoms with E-state index in [0.717, 1.165) is 0 Å². The van der Waals surface area contributed by atoms with Crippen LogP contribution in [0.15, 0.2) is 0 Å². The Morgan fingerprint density at radius 2 is 2.25 bits per heavy atom. The molecule has 1 radical (unpaired) electrons. The lowest BCUT2D eigenvalue weighted by atomic mass is 10.3. The fourth-order valence-corrected chi connectivity index (χ4v) is 0.310. The molecule has 2 nitrogen and oxygen atoms in total. The first-order valence-corrected chi connectivity index (χ1v) is 2.46. The average molecular weight is 119 g/mol. The van der Waals surface area contributed by atoms with Gasteiger partial charge in [0.15, 0.2) is 0 Å². The Hall–Kier alpha value is -0.600. The third-order valence-electron chi connectivity index (χ3n) is 0.689. The highest BCUT2D eigenvalue weighted by atomic mass is 19.1. The maximum absolute atomic E-state index is 11.3. The molecule has 0 aliphatic heterocycles. The summed E-state index contributed by atoms with van der Waals surface area (Å²) in [6.07, 6.45) is 1.05. The molecule has 0 fully saturated rings. The Balaban J connectivity index is 2.62. The number of carbonyl (C=O) groups excluding carboxylic acids is 1. The van der Waals surface area contributed by atoms with Crippen LogP contribution < -0.4 is 0 Å². The minimum atomic E-state index is -0.345. The largest absolute Gasteiger partial charge is 0.457 e. The molecule has 0 spiro atoms. The summed E-state index contributed by atoms with van der Waals surface area (Å²) in [5, 5.41) is 0. The predicted octanol–water partition coefficient (Wildman–Crippen LogP) is 0.820. The summed E-state index contributed by atoms with van der Waals surface area (Å²) in [4.78, 5) is 9.33. The van der Waals surface area contributed by atoms with E-state index in [0.29, 0.717) is 12.8 Å². The molecule has 0 aliphatic rings. The van der Waals surface area contributed by atoms with Crippen molar-refractivity contribution in [3.8, 4) is 0 Å². The van der Waals surface area contributed by atoms with Gasteiger partial charge >= 0.3 is 6.47 Å². The van der Waals surface area contributed by atoms with Crippen molar-refractivity contribution >= 4 is 6.47 Å². The lowest BCUT2D eigenvalue weighted by molar-refractivity contribution is 0.264. The molecule has 0 saturated carbocycles. The molecule has 0 aliphatic carbocycles. The Labute approximate surface area is 47.6 Å². The summed E-state index contributed by atoms with van der Waals surface area (Å²) in [5.41, 5.74) is 0. The normalized spacial score (nSPS) is 8.62. The van der Waals surface area contributed by atoms with Crippen LogP contribution in [0.4, 0.5) is 4.39 Å². The van der Waals surface area contributed by atoms with E-state index >= 15 is 0 Å². The van der Waals surface area contributed by atoms with Gasteiger partial charge in [0.25, 0.3) is 0 Å². The second-order valence-corrected chi connectivity index (χ2v) is 1.33. The Morgan fingerprint density at radius 3 is 2.75 bits per heavy atom. The highest BCUT2D eigenvalue weighted by Gasteiger charge is 1.85. The average Bonchev–Trinajstić information content (AvgIpc) is 1.81. The molecule has 0 amide bonds. The molecule has 8 heavy (non-hydrogen) atoms. The monoisotopic (exact) mass is 119 g/mol. The summed E-state index contributed by atoms with van der Waals surface area (Å²) >= 11 is 0. The van der Waals surface area contributed by atoms with Crippen molar-refractivity contribution in [2.45, 2.75) is 12.8 Å². The van der Waals surface area contributed by atoms with Crippen LogP contribution in [-0.4, -0.2) is 19.8 Å². The number of ether oxygens (including phenoxy) is 1. The quantitative estimate of drug-likeness (QED) is 0.501. The Bertz CT molecular complexity index is 56.4. The van der Waals surface area contributed by atoms with Gasteiger partial charge in [-0.05, 0) is 12.8 Å². The molecule has 0 unspecified atom stereocenters. The first-order valence-electron chi connectivity index (χ1n) is 2.46. The maximum Gasteiger partial charge on any atom is 0.417 e. The van der Waals surface area contributed by atoms with Gasteiger partial charge in [0.2, 0.25) is 0 Å². The summed E-state index contributed by atoms with van der Waals surface area (Å²) in [5.74, 6) is 0. The minimum absolute atomic E-state index is 0.285. The molecule has 0 aromatic carbocycles. The van der Waals surface area contributed by atoms with E-state index in [9.17, 15) is 9.18 Å². The minimum Gasteiger partial charge on any atom is -0.457 e. The van der Waals surface area contributed by atoms with Crippen molar-refractivity contribution in [1.82, 2.24) is 0 Å². The van der Waals surface area contributed by atoms with E-state index in [1.807, 2.05) is 0 Å². The topological polar surface area (TPSA) is 26.3 Å². The Morgan fingerprint density at radius 1 is 1.50 bits per heavy atom. The Kier molecular flexibility index (Phi) is 5.92. The van der Waals surface area contributed by atoms with Crippen LogP contribution in [0.3, 0.4) is 0 Å². The van der Waals surface area contributed by atoms with E-state index < -0.39 is 0 Å². The van der Waals surface area contributed by atoms with Crippen LogP contribution in [0.5, 0.6) is 0 Å². The summed E-state index contributed by atoms with van der Waals surface area (Å²) < 4.78 is 15.4. The van der Waals surface area contributed by atoms with E-state index in [1.165, 1.54) is 6.47 Å². The highest BCUT2D eigenvalue weighted by Crippen LogP contribution is 1.87. The lowest BCUT2D eigenvalue weighted by Crippen LogP contribution is -1.91. The maximum atomic E-state index is 11.3. The summed E-state index contributed by atoms with van der Waals surface area (Å²) in [6.45, 7) is 1.19. The second-order valence-electron chi connectivity index (χ2n) is 1.33. The van der Waals surface area contributed by atoms with Crippen molar-refractivity contribution in [3.63, 3.8) is 0 Å². The van der Waals surface area contributed by atoms with Gasteiger partial charge in [0.1, 0.15) is 0 Å². The van der Waals surface area contributed by atoms with Crippen LogP contribution in [-0.2, 0) is 9.53 Å². The van der Waals surface area contributed by atoms with E-state index in [2.05, 4.69) is 4.74 Å². The molecule has 0 atom stereocenters. The lowest BCUT2D eigenvalue weighted by Gasteiger charge is -1.91. The number of unbranched alkanes of at least 4 members (excludes halogenated alkanes) is 1. The first-order chi connectivity index (χ1) is 3.91. The molecular weight excluding hydrogens is 111 g/mol. The zero-order valence-corrected chi connectivity index (χ0v) is 4.52. The van der Waals surface area contributed by atoms with E-state index in [4.69, 9.17) is 0 Å². The molecule has 3 heteroatoms. The fraction of sp³-hybridized carbons (Fsp3) is 0.800. The first kappa shape index (κ1) is 7.40. The molecule has 0 aromatic heterocycles. The van der Waals surface area contributed by atoms with Gasteiger partial charge in [-0.1, -0.05) is 0 Å². The van der Waals surface area contributed by atoms with Crippen molar-refractivity contribution in [2.24, 2.45) is 0 Å². The van der Waals surface area contributed by atoms with Gasteiger partial charge in [-0.2, -0.15) is 0 Å². The molecule has 0 bridgehead atoms. The molecule has 0 saturated heterocycles. The number of hydrogen-bond acceptors (Lipinski definition) is 2. The summed E-state index contributed by atoms with van der Waals surface area (Å²) in [7, 11) is 0. The van der Waals surface area contributed by atoms with Crippen LogP contribution in [0.1, 0.15) is 12.8 Å². The van der Waals surface area contributed by atoms with Crippen molar-refractivity contribution in [3.05, 3.63) is 0 Å². The molecular formula is C5H8FO2. The van der Waals surface area contributed by atoms with Crippen LogP contribution >= 0.6 is 0 Å². The predicted molar refractivity (Wildman–Crippen MR) is 26.9 cm³/mol. The van der Waals surface area contributed by atoms with Gasteiger partial charge in [-0.25, -0.2) is 4.79 Å². The van der Waals surface area contributed by atoms with Crippen molar-refractivity contribution in [1.29, 1.82) is 0 Å². The van der Waals surface area contributed by atoms with Crippen LogP contribution in [0.25, 0.3) is 0 Å². The van der Waals surface area contributed by atoms with Gasteiger partial charge in [-0.15, -0.1) is 0 Å². The van der Waals surface area contributed by atoms with Gasteiger partial charge in [-0.3, -0.25) is 4.39 Å². The van der Waals surface area contributed by atoms with Crippen molar-refractivity contribution < 1.29 is 13.9 Å². The smallest absolute Gasteiger partial charge is 0.417 e. The molecule has 0 aromatic rings. The molecule has 0 rings (SSSR count). The number of hydrogen-bond donors (Lipinski definition) is 0. The zero-order chi connectivity index (χ0) is 6.24. The molecule has 0 heterocycles. The third kappa shape index (κ3) is 5.40. The molecule has 0 N–H and O–H groups in total. The van der Waals surface area contributed by atoms with Gasteiger partial charge in [0, 0.05) is 0 Å². The number of halogens is 1. The van der Waals surface area contributed by atoms with Gasteiger partial charge < -0.3 is 4.74 Å². The second kappa shape index (κ2) is 6.40. The number of alkyl halides is 1. The highest BCUT2D eigenvalue weighted by molar-refractivity contribution is 5.37. The zero-order valence-electron chi connectivity index (χ0n) is 4.52. The van der Waals surface area contributed by atoms with Crippen LogP contribution in [0.2, 0.25) is 0 Å². The van der Waals surface area contributed by atoms with Crippen LogP contribution in [0, 0.1) is 0 Å². The number of rotatable bonds is 5. The van der Waals surface area contributed by atoms with E-state index in [-0.39, 0.29) is 13.3 Å². The van der Waals surface area contributed by atoms with E-state index in [1.54, 1.807) is 0 Å². The van der Waals surface area contributed by atoms with Gasteiger partial charge in [0.05, 0.1) is 13.3 Å². The third-order valence-corrected chi connectivity index (χ3v) is 0.689. The standard InChI is InChI=1S/C5H8FO2/c6-3-1-2-4-8-5-7/h1-4H2. The molecule has 47 valence electrons. The SMILES string of the molecule is O=[C]OCCCCF. The van der Waals surface area contributed by atoms with Crippen molar-refractivity contribution in [2.75, 3.05) is 13.3 Å². The summed E-state index contributed by atoms with van der Waals surface area (Å²) in [6, 6.07) is 0.